The molecule has 0 aromatic carbocycles. The second-order valence-electron chi connectivity index (χ2n) is 3.14. The number of aliphatic hydroxyl groups is 1. The topological polar surface area (TPSA) is 98.1 Å². The van der Waals surface area contributed by atoms with E-state index in [1.807, 2.05) is 0 Å². The summed E-state index contributed by atoms with van der Waals surface area (Å²) in [7, 11) is 0. The highest BCUT2D eigenvalue weighted by Crippen LogP contribution is 2.24. The summed E-state index contributed by atoms with van der Waals surface area (Å²) in [6, 6.07) is -1.13. The van der Waals surface area contributed by atoms with Crippen LogP contribution in [0.15, 0.2) is 0 Å². The first-order valence-electron chi connectivity index (χ1n) is 3.85. The molecular weight excluding hydrogens is 178 g/mol. The van der Waals surface area contributed by atoms with E-state index in [-0.39, 0.29) is 6.54 Å². The van der Waals surface area contributed by atoms with E-state index in [0.29, 0.717) is 0 Å². The van der Waals surface area contributed by atoms with E-state index in [1.165, 1.54) is 6.92 Å². The lowest BCUT2D eigenvalue weighted by Gasteiger charge is -2.19. The van der Waals surface area contributed by atoms with Gasteiger partial charge in [-0.2, -0.15) is 0 Å². The standard InChI is InChI=1S/C7H11NO5/c1-3-4(9)2-8(7(12)13)5(3)6(10)11/h3-5,9H,2H2,1H3,(H,10,11)(H,12,13)/t3-,4+,5-/m1/s1. The Morgan fingerprint density at radius 1 is 1.38 bits per heavy atom. The lowest BCUT2D eigenvalue weighted by Crippen LogP contribution is -2.41. The average molecular weight is 189 g/mol. The second kappa shape index (κ2) is 3.21. The minimum Gasteiger partial charge on any atom is -0.480 e. The van der Waals surface area contributed by atoms with Crippen molar-refractivity contribution in [3.63, 3.8) is 0 Å². The Balaban J connectivity index is 2.86. The molecule has 1 amide bonds. The van der Waals surface area contributed by atoms with Crippen molar-refractivity contribution in [2.75, 3.05) is 6.54 Å². The zero-order chi connectivity index (χ0) is 10.2. The average Bonchev–Trinajstić information content (AvgIpc) is 2.28. The maximum absolute atomic E-state index is 10.7. The van der Waals surface area contributed by atoms with Gasteiger partial charge in [0.15, 0.2) is 0 Å². The SMILES string of the molecule is C[C@@H]1[C@@H](O)CN(C(=O)O)[C@H]1C(=O)O. The zero-order valence-electron chi connectivity index (χ0n) is 7.04. The van der Waals surface area contributed by atoms with Gasteiger partial charge in [0.25, 0.3) is 0 Å². The monoisotopic (exact) mass is 189 g/mol. The van der Waals surface area contributed by atoms with E-state index in [1.54, 1.807) is 0 Å². The molecule has 1 saturated heterocycles. The molecule has 0 unspecified atom stereocenters. The van der Waals surface area contributed by atoms with Crippen LogP contribution in [0.25, 0.3) is 0 Å². The summed E-state index contributed by atoms with van der Waals surface area (Å²) in [5.74, 6) is -1.78. The lowest BCUT2D eigenvalue weighted by atomic mass is 10.0. The van der Waals surface area contributed by atoms with Gasteiger partial charge in [0.05, 0.1) is 12.6 Å². The highest BCUT2D eigenvalue weighted by Gasteiger charge is 2.45. The van der Waals surface area contributed by atoms with Crippen LogP contribution < -0.4 is 0 Å². The van der Waals surface area contributed by atoms with E-state index in [4.69, 9.17) is 10.2 Å². The highest BCUT2D eigenvalue weighted by molar-refractivity contribution is 5.80. The molecule has 0 aromatic rings. The Labute approximate surface area is 74.4 Å². The zero-order valence-corrected chi connectivity index (χ0v) is 7.04. The fourth-order valence-corrected chi connectivity index (χ4v) is 1.53. The number of rotatable bonds is 1. The minimum atomic E-state index is -1.31. The van der Waals surface area contributed by atoms with Crippen LogP contribution in [0.1, 0.15) is 6.92 Å². The predicted molar refractivity (Wildman–Crippen MR) is 41.3 cm³/mol. The first-order chi connectivity index (χ1) is 5.95. The van der Waals surface area contributed by atoms with Gasteiger partial charge in [-0.1, -0.05) is 6.92 Å². The molecule has 0 bridgehead atoms. The van der Waals surface area contributed by atoms with Crippen molar-refractivity contribution in [1.82, 2.24) is 4.90 Å². The largest absolute Gasteiger partial charge is 0.480 e. The predicted octanol–water partition coefficient (Wildman–Crippen LogP) is -0.570. The number of likely N-dealkylation sites (tertiary alicyclic amines) is 1. The number of carboxylic acid groups (broad SMARTS) is 2. The molecule has 1 rings (SSSR count). The van der Waals surface area contributed by atoms with E-state index in [9.17, 15) is 14.7 Å². The van der Waals surface area contributed by atoms with Gasteiger partial charge >= 0.3 is 12.1 Å². The van der Waals surface area contributed by atoms with Gasteiger partial charge < -0.3 is 15.3 Å². The minimum absolute atomic E-state index is 0.131. The van der Waals surface area contributed by atoms with Gasteiger partial charge in [-0.3, -0.25) is 4.90 Å². The van der Waals surface area contributed by atoms with Crippen molar-refractivity contribution in [3.05, 3.63) is 0 Å². The molecule has 1 aliphatic rings. The van der Waals surface area contributed by atoms with E-state index >= 15 is 0 Å². The summed E-state index contributed by atoms with van der Waals surface area (Å²) in [5, 5.41) is 26.6. The quantitative estimate of drug-likeness (QED) is 0.513. The Morgan fingerprint density at radius 3 is 2.23 bits per heavy atom. The molecule has 0 spiro atoms. The number of β-amino-alcohol motifs (C(OH)–C–C–N with tert-alkyl or cyclic N) is 1. The fraction of sp³-hybridized carbons (Fsp3) is 0.714. The van der Waals surface area contributed by atoms with Crippen molar-refractivity contribution in [3.8, 4) is 0 Å². The molecule has 0 aromatic heterocycles. The van der Waals surface area contributed by atoms with Crippen molar-refractivity contribution in [2.45, 2.75) is 19.1 Å². The molecular formula is C7H11NO5. The number of aliphatic hydroxyl groups excluding tert-OH is 1. The molecule has 13 heavy (non-hydrogen) atoms. The van der Waals surface area contributed by atoms with E-state index in [0.717, 1.165) is 4.90 Å². The third-order valence-electron chi connectivity index (χ3n) is 2.32. The third-order valence-corrected chi connectivity index (χ3v) is 2.32. The van der Waals surface area contributed by atoms with Crippen LogP contribution >= 0.6 is 0 Å². The Hall–Kier alpha value is -1.30. The molecule has 74 valence electrons. The van der Waals surface area contributed by atoms with Crippen LogP contribution in [0.5, 0.6) is 0 Å². The summed E-state index contributed by atoms with van der Waals surface area (Å²) >= 11 is 0. The summed E-state index contributed by atoms with van der Waals surface area (Å²) in [6.07, 6.45) is -2.20. The van der Waals surface area contributed by atoms with Gasteiger partial charge in [-0.25, -0.2) is 9.59 Å². The molecule has 0 saturated carbocycles. The van der Waals surface area contributed by atoms with Crippen LogP contribution in [-0.4, -0.2) is 51.0 Å². The van der Waals surface area contributed by atoms with Gasteiger partial charge in [0, 0.05) is 5.92 Å². The molecule has 3 atom stereocenters. The maximum Gasteiger partial charge on any atom is 0.408 e. The number of aliphatic carboxylic acids is 1. The number of carbonyl (C=O) groups is 2. The van der Waals surface area contributed by atoms with Crippen LogP contribution in [0.2, 0.25) is 0 Å². The number of hydrogen-bond donors (Lipinski definition) is 3. The van der Waals surface area contributed by atoms with Gasteiger partial charge in [-0.15, -0.1) is 0 Å². The van der Waals surface area contributed by atoms with Crippen molar-refractivity contribution < 1.29 is 24.9 Å². The summed E-state index contributed by atoms with van der Waals surface area (Å²) in [4.78, 5) is 22.0. The van der Waals surface area contributed by atoms with Crippen LogP contribution in [0, 0.1) is 5.92 Å². The summed E-state index contributed by atoms with van der Waals surface area (Å²) < 4.78 is 0. The molecule has 1 heterocycles. The van der Waals surface area contributed by atoms with E-state index < -0.39 is 30.1 Å². The summed E-state index contributed by atoms with van der Waals surface area (Å²) in [6.45, 7) is 1.39. The third kappa shape index (κ3) is 1.57. The lowest BCUT2D eigenvalue weighted by molar-refractivity contribution is -0.142. The number of nitrogens with zero attached hydrogens (tertiary/aromatic N) is 1. The normalized spacial score (nSPS) is 33.4. The number of hydrogen-bond acceptors (Lipinski definition) is 3. The Morgan fingerprint density at radius 2 is 1.92 bits per heavy atom. The highest BCUT2D eigenvalue weighted by atomic mass is 16.4. The smallest absolute Gasteiger partial charge is 0.408 e. The molecule has 0 aliphatic carbocycles. The second-order valence-corrected chi connectivity index (χ2v) is 3.14. The molecule has 1 aliphatic heterocycles. The Bertz CT molecular complexity index is 241. The maximum atomic E-state index is 10.7. The van der Waals surface area contributed by atoms with Crippen LogP contribution in [0.3, 0.4) is 0 Å². The first-order valence-corrected chi connectivity index (χ1v) is 3.85. The van der Waals surface area contributed by atoms with Crippen molar-refractivity contribution >= 4 is 12.1 Å². The van der Waals surface area contributed by atoms with Crippen LogP contribution in [0.4, 0.5) is 4.79 Å². The summed E-state index contributed by atoms with van der Waals surface area (Å²) in [5.41, 5.74) is 0. The van der Waals surface area contributed by atoms with Crippen molar-refractivity contribution in [1.29, 1.82) is 0 Å². The van der Waals surface area contributed by atoms with Crippen molar-refractivity contribution in [2.24, 2.45) is 5.92 Å². The number of amides is 1. The molecule has 6 nitrogen and oxygen atoms in total. The first kappa shape index (κ1) is 9.79. The van der Waals surface area contributed by atoms with E-state index in [2.05, 4.69) is 0 Å². The molecule has 3 N–H and O–H groups in total. The molecule has 6 heteroatoms. The number of carboxylic acids is 1. The fourth-order valence-electron chi connectivity index (χ4n) is 1.53. The van der Waals surface area contributed by atoms with Crippen LogP contribution in [-0.2, 0) is 4.79 Å². The van der Waals surface area contributed by atoms with Gasteiger partial charge in [0.2, 0.25) is 0 Å². The van der Waals surface area contributed by atoms with Gasteiger partial charge in [-0.05, 0) is 0 Å². The molecule has 0 radical (unpaired) electrons. The van der Waals surface area contributed by atoms with Gasteiger partial charge in [0.1, 0.15) is 6.04 Å². The Kier molecular flexibility index (Phi) is 2.42. The molecule has 1 fully saturated rings.